The molecule has 1 N–H and O–H groups in total. The molecule has 1 aromatic rings. The largest absolute Gasteiger partial charge is 0.469 e. The molecule has 0 aliphatic carbocycles. The van der Waals surface area contributed by atoms with Crippen molar-refractivity contribution in [2.24, 2.45) is 0 Å². The Balaban J connectivity index is 2.84. The van der Waals surface area contributed by atoms with Crippen molar-refractivity contribution >= 4 is 10.1 Å². The van der Waals surface area contributed by atoms with Crippen molar-refractivity contribution in [2.75, 3.05) is 0 Å². The predicted molar refractivity (Wildman–Crippen MR) is 131 cm³/mol. The highest BCUT2D eigenvalue weighted by molar-refractivity contribution is 7.87. The molecule has 5 heteroatoms. The van der Waals surface area contributed by atoms with Crippen LogP contribution >= 0.6 is 0 Å². The van der Waals surface area contributed by atoms with E-state index in [1.165, 1.54) is 83.1 Å². The summed E-state index contributed by atoms with van der Waals surface area (Å²) < 4.78 is 39.4. The highest BCUT2D eigenvalue weighted by atomic mass is 32.2. The molecule has 0 spiro atoms. The van der Waals surface area contributed by atoms with E-state index in [2.05, 4.69) is 19.9 Å². The van der Waals surface area contributed by atoms with Crippen LogP contribution in [0.4, 0.5) is 0 Å². The van der Waals surface area contributed by atoms with Crippen LogP contribution in [0.15, 0.2) is 18.2 Å². The zero-order valence-electron chi connectivity index (χ0n) is 20.4. The molecule has 4 nitrogen and oxygen atoms in total. The lowest BCUT2D eigenvalue weighted by Gasteiger charge is -2.27. The summed E-state index contributed by atoms with van der Waals surface area (Å²) in [5.74, 6) is 0.585. The van der Waals surface area contributed by atoms with Gasteiger partial charge in [0.1, 0.15) is 5.75 Å². The average molecular weight is 455 g/mol. The molecular weight excluding hydrogens is 408 g/mol. The van der Waals surface area contributed by atoms with Gasteiger partial charge in [-0.15, -0.1) is 0 Å². The smallest absolute Gasteiger partial charge is 0.306 e. The number of rotatable bonds is 18. The topological polar surface area (TPSA) is 63.6 Å². The standard InChI is InChI=1S/C26H46O4S/c1-5-8-10-12-14-16-18-23-20-21-25(30-26(4,7-3)31(27,28)29)24(22-23)19-17-15-13-11-9-6-2/h20-22H,5-19H2,1-4H3,(H,27,28,29). The van der Waals surface area contributed by atoms with Crippen LogP contribution < -0.4 is 4.74 Å². The van der Waals surface area contributed by atoms with Crippen LogP contribution in [-0.2, 0) is 23.0 Å². The van der Waals surface area contributed by atoms with E-state index >= 15 is 0 Å². The Morgan fingerprint density at radius 2 is 1.32 bits per heavy atom. The second kappa shape index (κ2) is 14.9. The van der Waals surface area contributed by atoms with Crippen molar-refractivity contribution in [1.29, 1.82) is 0 Å². The van der Waals surface area contributed by atoms with Gasteiger partial charge < -0.3 is 4.74 Å². The number of ether oxygens (including phenoxy) is 1. The summed E-state index contributed by atoms with van der Waals surface area (Å²) in [6, 6.07) is 6.14. The lowest BCUT2D eigenvalue weighted by atomic mass is 9.99. The van der Waals surface area contributed by atoms with Crippen molar-refractivity contribution in [3.63, 3.8) is 0 Å². The van der Waals surface area contributed by atoms with E-state index in [9.17, 15) is 13.0 Å². The van der Waals surface area contributed by atoms with E-state index in [4.69, 9.17) is 4.74 Å². The summed E-state index contributed by atoms with van der Waals surface area (Å²) in [5.41, 5.74) is 2.34. The van der Waals surface area contributed by atoms with Crippen LogP contribution in [0.1, 0.15) is 122 Å². The number of hydrogen-bond acceptors (Lipinski definition) is 3. The fraction of sp³-hybridized carbons (Fsp3) is 0.769. The second-order valence-corrected chi connectivity index (χ2v) is 10.9. The Morgan fingerprint density at radius 1 is 0.806 bits per heavy atom. The third-order valence-corrected chi connectivity index (χ3v) is 7.72. The lowest BCUT2D eigenvalue weighted by molar-refractivity contribution is 0.153. The van der Waals surface area contributed by atoms with Crippen molar-refractivity contribution in [3.8, 4) is 5.75 Å². The summed E-state index contributed by atoms with van der Waals surface area (Å²) in [7, 11) is -4.32. The summed E-state index contributed by atoms with van der Waals surface area (Å²) in [6.07, 6.45) is 17.0. The predicted octanol–water partition coefficient (Wildman–Crippen LogP) is 7.89. The Morgan fingerprint density at radius 3 is 1.84 bits per heavy atom. The van der Waals surface area contributed by atoms with Gasteiger partial charge in [-0.3, -0.25) is 4.55 Å². The first kappa shape index (κ1) is 28.0. The fourth-order valence-electron chi connectivity index (χ4n) is 3.83. The Kier molecular flexibility index (Phi) is 13.4. The third kappa shape index (κ3) is 10.4. The van der Waals surface area contributed by atoms with Crippen LogP contribution in [0.25, 0.3) is 0 Å². The van der Waals surface area contributed by atoms with Gasteiger partial charge in [0.15, 0.2) is 0 Å². The SMILES string of the molecule is CCCCCCCCc1ccc(OC(C)(CC)S(=O)(=O)O)c(CCCCCCCC)c1. The monoisotopic (exact) mass is 454 g/mol. The third-order valence-electron chi connectivity index (χ3n) is 6.26. The van der Waals surface area contributed by atoms with Crippen molar-refractivity contribution in [2.45, 2.75) is 129 Å². The highest BCUT2D eigenvalue weighted by Gasteiger charge is 2.39. The van der Waals surface area contributed by atoms with Crippen LogP contribution in [0.3, 0.4) is 0 Å². The molecule has 0 fully saturated rings. The highest BCUT2D eigenvalue weighted by Crippen LogP contribution is 2.31. The maximum atomic E-state index is 11.9. The van der Waals surface area contributed by atoms with E-state index in [-0.39, 0.29) is 6.42 Å². The van der Waals surface area contributed by atoms with Crippen LogP contribution in [-0.4, -0.2) is 17.9 Å². The van der Waals surface area contributed by atoms with Gasteiger partial charge in [0.25, 0.3) is 0 Å². The summed E-state index contributed by atoms with van der Waals surface area (Å²) in [5, 5.41) is 0. The quantitative estimate of drug-likeness (QED) is 0.181. The van der Waals surface area contributed by atoms with Crippen LogP contribution in [0, 0.1) is 0 Å². The zero-order valence-corrected chi connectivity index (χ0v) is 21.2. The molecule has 0 bridgehead atoms. The molecule has 0 amide bonds. The van der Waals surface area contributed by atoms with Gasteiger partial charge in [-0.1, -0.05) is 97.1 Å². The minimum atomic E-state index is -4.32. The van der Waals surface area contributed by atoms with Crippen molar-refractivity contribution < 1.29 is 17.7 Å². The normalized spacial score (nSPS) is 13.8. The first-order chi connectivity index (χ1) is 14.8. The van der Waals surface area contributed by atoms with Gasteiger partial charge in [0, 0.05) is 6.42 Å². The maximum absolute atomic E-state index is 11.9. The van der Waals surface area contributed by atoms with Gasteiger partial charge in [-0.2, -0.15) is 8.42 Å². The minimum absolute atomic E-state index is 0.182. The van der Waals surface area contributed by atoms with E-state index in [0.29, 0.717) is 5.75 Å². The molecule has 0 saturated carbocycles. The minimum Gasteiger partial charge on any atom is -0.469 e. The van der Waals surface area contributed by atoms with Crippen molar-refractivity contribution in [1.82, 2.24) is 0 Å². The molecule has 0 heterocycles. The number of aryl methyl sites for hydroxylation is 2. The molecule has 180 valence electrons. The van der Waals surface area contributed by atoms with Gasteiger partial charge in [-0.25, -0.2) is 0 Å². The molecule has 1 rings (SSSR count). The van der Waals surface area contributed by atoms with E-state index < -0.39 is 15.1 Å². The number of benzene rings is 1. The number of hydrogen-bond donors (Lipinski definition) is 1. The van der Waals surface area contributed by atoms with E-state index in [1.807, 2.05) is 12.1 Å². The average Bonchev–Trinajstić information content (AvgIpc) is 2.73. The Bertz CT molecular complexity index is 714. The molecule has 1 atom stereocenters. The zero-order chi connectivity index (χ0) is 23.2. The van der Waals surface area contributed by atoms with E-state index in [0.717, 1.165) is 24.8 Å². The molecule has 0 aliphatic heterocycles. The molecule has 0 aromatic heterocycles. The first-order valence-electron chi connectivity index (χ1n) is 12.5. The van der Waals surface area contributed by atoms with Gasteiger partial charge in [0.05, 0.1) is 0 Å². The molecule has 0 saturated heterocycles. The van der Waals surface area contributed by atoms with Crippen molar-refractivity contribution in [3.05, 3.63) is 29.3 Å². The van der Waals surface area contributed by atoms with Crippen LogP contribution in [0.2, 0.25) is 0 Å². The maximum Gasteiger partial charge on any atom is 0.306 e. The van der Waals surface area contributed by atoms with Gasteiger partial charge in [-0.05, 0) is 49.8 Å². The summed E-state index contributed by atoms with van der Waals surface area (Å²) >= 11 is 0. The molecule has 31 heavy (non-hydrogen) atoms. The van der Waals surface area contributed by atoms with Gasteiger partial charge >= 0.3 is 10.1 Å². The fourth-order valence-corrected chi connectivity index (χ4v) is 4.39. The van der Waals surface area contributed by atoms with Crippen LogP contribution in [0.5, 0.6) is 5.75 Å². The second-order valence-electron chi connectivity index (χ2n) is 9.04. The lowest BCUT2D eigenvalue weighted by Crippen LogP contribution is -2.40. The summed E-state index contributed by atoms with van der Waals surface area (Å²) in [4.78, 5) is -1.62. The summed E-state index contributed by atoms with van der Waals surface area (Å²) in [6.45, 7) is 7.62. The number of unbranched alkanes of at least 4 members (excludes halogenated alkanes) is 10. The first-order valence-corrected chi connectivity index (χ1v) is 14.0. The molecule has 0 radical (unpaired) electrons. The Hall–Kier alpha value is -1.07. The molecule has 1 aromatic carbocycles. The molecule has 1 unspecified atom stereocenters. The Labute approximate surface area is 191 Å². The van der Waals surface area contributed by atoms with Gasteiger partial charge in [0.2, 0.25) is 4.93 Å². The molecular formula is C26H46O4S. The molecule has 0 aliphatic rings. The van der Waals surface area contributed by atoms with E-state index in [1.54, 1.807) is 6.92 Å².